The van der Waals surface area contributed by atoms with E-state index in [2.05, 4.69) is 15.9 Å². The number of alkyl halides is 1. The molecule has 0 radical (unpaired) electrons. The summed E-state index contributed by atoms with van der Waals surface area (Å²) >= 11 is 15.0. The maximum absolute atomic E-state index is 5.89. The van der Waals surface area contributed by atoms with Crippen LogP contribution in [0.5, 0.6) is 5.75 Å². The molecule has 0 N–H and O–H groups in total. The Kier molecular flexibility index (Phi) is 4.36. The average Bonchev–Trinajstić information content (AvgIpc) is 2.02. The van der Waals surface area contributed by atoms with Crippen LogP contribution in [-0.4, -0.2) is 11.4 Å². The Balaban J connectivity index is 2.67. The van der Waals surface area contributed by atoms with Crippen molar-refractivity contribution in [2.45, 2.75) is 11.8 Å². The molecule has 0 aromatic heterocycles. The number of benzene rings is 1. The van der Waals surface area contributed by atoms with Crippen LogP contribution < -0.4 is 4.74 Å². The van der Waals surface area contributed by atoms with Gasteiger partial charge in [0.05, 0.1) is 5.02 Å². The molecular formula is C9H9BrCl2O. The minimum absolute atomic E-state index is 0.305. The van der Waals surface area contributed by atoms with Crippen molar-refractivity contribution in [2.24, 2.45) is 0 Å². The summed E-state index contributed by atoms with van der Waals surface area (Å²) in [4.78, 5) is 0.305. The van der Waals surface area contributed by atoms with Gasteiger partial charge in [-0.1, -0.05) is 39.1 Å². The molecule has 0 fully saturated rings. The zero-order valence-corrected chi connectivity index (χ0v) is 10.2. The minimum atomic E-state index is 0.305. The monoisotopic (exact) mass is 282 g/mol. The quantitative estimate of drug-likeness (QED) is 0.757. The minimum Gasteiger partial charge on any atom is -0.491 e. The van der Waals surface area contributed by atoms with E-state index in [1.807, 2.05) is 6.92 Å². The van der Waals surface area contributed by atoms with E-state index in [9.17, 15) is 0 Å². The lowest BCUT2D eigenvalue weighted by molar-refractivity contribution is 0.324. The third-order valence-electron chi connectivity index (χ3n) is 1.36. The van der Waals surface area contributed by atoms with Gasteiger partial charge >= 0.3 is 0 Å². The molecule has 0 bridgehead atoms. The Morgan fingerprint density at radius 1 is 1.46 bits per heavy atom. The van der Waals surface area contributed by atoms with Crippen LogP contribution >= 0.6 is 39.1 Å². The third-order valence-corrected chi connectivity index (χ3v) is 2.16. The van der Waals surface area contributed by atoms with E-state index in [-0.39, 0.29) is 0 Å². The molecule has 1 nitrogen and oxygen atoms in total. The first kappa shape index (κ1) is 11.2. The molecule has 72 valence electrons. The molecule has 0 aliphatic rings. The number of hydrogen-bond acceptors (Lipinski definition) is 1. The average molecular weight is 284 g/mol. The van der Waals surface area contributed by atoms with Gasteiger partial charge in [0.2, 0.25) is 0 Å². The fourth-order valence-corrected chi connectivity index (χ4v) is 1.39. The van der Waals surface area contributed by atoms with Gasteiger partial charge in [-0.2, -0.15) is 0 Å². The van der Waals surface area contributed by atoms with Gasteiger partial charge in [0.1, 0.15) is 12.4 Å². The zero-order chi connectivity index (χ0) is 9.84. The van der Waals surface area contributed by atoms with Crippen LogP contribution in [0.4, 0.5) is 0 Å². The molecule has 1 atom stereocenters. The van der Waals surface area contributed by atoms with Crippen LogP contribution in [0.2, 0.25) is 10.0 Å². The van der Waals surface area contributed by atoms with Crippen LogP contribution in [0.3, 0.4) is 0 Å². The van der Waals surface area contributed by atoms with Crippen molar-refractivity contribution in [2.75, 3.05) is 6.61 Å². The first-order valence-corrected chi connectivity index (χ1v) is 5.48. The van der Waals surface area contributed by atoms with E-state index in [4.69, 9.17) is 27.9 Å². The van der Waals surface area contributed by atoms with Crippen LogP contribution in [-0.2, 0) is 0 Å². The lowest BCUT2D eigenvalue weighted by atomic mass is 10.3. The van der Waals surface area contributed by atoms with Crippen molar-refractivity contribution in [3.8, 4) is 5.75 Å². The van der Waals surface area contributed by atoms with E-state index in [0.717, 1.165) is 0 Å². The lowest BCUT2D eigenvalue weighted by Gasteiger charge is -2.08. The van der Waals surface area contributed by atoms with Gasteiger partial charge in [-0.25, -0.2) is 0 Å². The Labute approximate surface area is 96.1 Å². The van der Waals surface area contributed by atoms with Crippen LogP contribution in [0, 0.1) is 0 Å². The SMILES string of the molecule is CC(Br)COc1ccc(Cl)cc1Cl. The predicted octanol–water partition coefficient (Wildman–Crippen LogP) is 4.16. The van der Waals surface area contributed by atoms with Crippen LogP contribution in [0.1, 0.15) is 6.92 Å². The maximum Gasteiger partial charge on any atom is 0.138 e. The molecule has 4 heteroatoms. The topological polar surface area (TPSA) is 9.23 Å². The van der Waals surface area contributed by atoms with Crippen molar-refractivity contribution < 1.29 is 4.74 Å². The molecule has 1 aromatic carbocycles. The molecule has 0 heterocycles. The fraction of sp³-hybridized carbons (Fsp3) is 0.333. The molecule has 1 rings (SSSR count). The highest BCUT2D eigenvalue weighted by Gasteiger charge is 2.03. The van der Waals surface area contributed by atoms with Crippen molar-refractivity contribution in [1.82, 2.24) is 0 Å². The molecule has 0 aliphatic carbocycles. The molecule has 1 aromatic rings. The van der Waals surface area contributed by atoms with Crippen molar-refractivity contribution in [3.05, 3.63) is 28.2 Å². The second-order valence-electron chi connectivity index (χ2n) is 2.67. The summed E-state index contributed by atoms with van der Waals surface area (Å²) < 4.78 is 5.42. The van der Waals surface area contributed by atoms with E-state index >= 15 is 0 Å². The second-order valence-corrected chi connectivity index (χ2v) is 5.07. The maximum atomic E-state index is 5.89. The predicted molar refractivity (Wildman–Crippen MR) is 60.3 cm³/mol. The largest absolute Gasteiger partial charge is 0.491 e. The summed E-state index contributed by atoms with van der Waals surface area (Å²) in [6.07, 6.45) is 0. The Morgan fingerprint density at radius 3 is 2.69 bits per heavy atom. The zero-order valence-electron chi connectivity index (χ0n) is 7.06. The molecular weight excluding hydrogens is 275 g/mol. The highest BCUT2D eigenvalue weighted by Crippen LogP contribution is 2.27. The number of rotatable bonds is 3. The molecule has 0 saturated carbocycles. The summed E-state index contributed by atoms with van der Waals surface area (Å²) in [5.74, 6) is 0.664. The van der Waals surface area contributed by atoms with E-state index in [1.54, 1.807) is 18.2 Å². The van der Waals surface area contributed by atoms with E-state index in [1.165, 1.54) is 0 Å². The van der Waals surface area contributed by atoms with Gasteiger partial charge in [-0.05, 0) is 25.1 Å². The first-order valence-electron chi connectivity index (χ1n) is 3.81. The van der Waals surface area contributed by atoms with E-state index in [0.29, 0.717) is 27.2 Å². The molecule has 0 aliphatic heterocycles. The standard InChI is InChI=1S/C9H9BrCl2O/c1-6(10)5-13-9-3-2-7(11)4-8(9)12/h2-4,6H,5H2,1H3. The van der Waals surface area contributed by atoms with Crippen molar-refractivity contribution in [3.63, 3.8) is 0 Å². The number of halogens is 3. The molecule has 0 amide bonds. The summed E-state index contributed by atoms with van der Waals surface area (Å²) in [6.45, 7) is 2.59. The van der Waals surface area contributed by atoms with Crippen LogP contribution in [0.15, 0.2) is 18.2 Å². The normalized spacial score (nSPS) is 12.6. The van der Waals surface area contributed by atoms with Crippen molar-refractivity contribution in [1.29, 1.82) is 0 Å². The van der Waals surface area contributed by atoms with Crippen LogP contribution in [0.25, 0.3) is 0 Å². The Morgan fingerprint density at radius 2 is 2.15 bits per heavy atom. The van der Waals surface area contributed by atoms with Crippen molar-refractivity contribution >= 4 is 39.1 Å². The van der Waals surface area contributed by atoms with Gasteiger partial charge in [-0.3, -0.25) is 0 Å². The summed E-state index contributed by atoms with van der Waals surface area (Å²) in [5, 5.41) is 1.16. The smallest absolute Gasteiger partial charge is 0.138 e. The van der Waals surface area contributed by atoms with E-state index < -0.39 is 0 Å². The highest BCUT2D eigenvalue weighted by atomic mass is 79.9. The van der Waals surface area contributed by atoms with Gasteiger partial charge in [-0.15, -0.1) is 0 Å². The van der Waals surface area contributed by atoms with Gasteiger partial charge in [0.25, 0.3) is 0 Å². The first-order chi connectivity index (χ1) is 6.09. The third kappa shape index (κ3) is 3.75. The second kappa shape index (κ2) is 5.08. The summed E-state index contributed by atoms with van der Waals surface area (Å²) in [7, 11) is 0. The van der Waals surface area contributed by atoms with Gasteiger partial charge in [0, 0.05) is 9.85 Å². The Hall–Kier alpha value is 0.0800. The lowest BCUT2D eigenvalue weighted by Crippen LogP contribution is -2.06. The molecule has 1 unspecified atom stereocenters. The Bertz CT molecular complexity index is 289. The van der Waals surface area contributed by atoms with Gasteiger partial charge < -0.3 is 4.74 Å². The molecule has 0 spiro atoms. The molecule has 13 heavy (non-hydrogen) atoms. The summed E-state index contributed by atoms with van der Waals surface area (Å²) in [6, 6.07) is 5.18. The molecule has 0 saturated heterocycles. The highest BCUT2D eigenvalue weighted by molar-refractivity contribution is 9.09. The number of ether oxygens (including phenoxy) is 1. The number of hydrogen-bond donors (Lipinski definition) is 0. The fourth-order valence-electron chi connectivity index (χ4n) is 0.797. The van der Waals surface area contributed by atoms with Gasteiger partial charge in [0.15, 0.2) is 0 Å². The summed E-state index contributed by atoms with van der Waals surface area (Å²) in [5.41, 5.74) is 0.